The number of nitrogens with zero attached hydrogens (tertiary/aromatic N) is 2. The summed E-state index contributed by atoms with van der Waals surface area (Å²) in [7, 11) is 1.90. The fraction of sp³-hybridized carbons (Fsp3) is 0.462. The van der Waals surface area contributed by atoms with Gasteiger partial charge in [0.1, 0.15) is 0 Å². The number of amides is 1. The molecular formula is C26H38ClN5OS. The minimum Gasteiger partial charge on any atom is -0.325 e. The third kappa shape index (κ3) is 7.73. The molecule has 6 nitrogen and oxygen atoms in total. The van der Waals surface area contributed by atoms with Crippen molar-refractivity contribution in [1.82, 2.24) is 19.8 Å². The molecular weight excluding hydrogens is 466 g/mol. The molecule has 1 fully saturated rings. The van der Waals surface area contributed by atoms with Gasteiger partial charge in [-0.05, 0) is 93.2 Å². The van der Waals surface area contributed by atoms with Crippen LogP contribution in [0.3, 0.4) is 0 Å². The van der Waals surface area contributed by atoms with Gasteiger partial charge in [-0.1, -0.05) is 45.4 Å². The van der Waals surface area contributed by atoms with Crippen LogP contribution in [0, 0.1) is 6.92 Å². The number of fused-ring (bicyclic) bond motifs is 1. The van der Waals surface area contributed by atoms with E-state index in [1.807, 2.05) is 63.4 Å². The van der Waals surface area contributed by atoms with E-state index < -0.39 is 0 Å². The molecule has 3 N–H and O–H groups in total. The molecule has 8 heteroatoms. The number of aryl methyl sites for hydroxylation is 1. The third-order valence-electron chi connectivity index (χ3n) is 5.34. The van der Waals surface area contributed by atoms with E-state index in [-0.39, 0.29) is 12.5 Å². The number of anilines is 1. The van der Waals surface area contributed by atoms with Crippen LogP contribution in [0.1, 0.15) is 57.6 Å². The number of hydrogen-bond donors (Lipinski definition) is 3. The van der Waals surface area contributed by atoms with Crippen LogP contribution in [0.5, 0.6) is 0 Å². The molecule has 1 aromatic heterocycles. The van der Waals surface area contributed by atoms with Gasteiger partial charge in [0, 0.05) is 21.0 Å². The summed E-state index contributed by atoms with van der Waals surface area (Å²) in [4.78, 5) is 13.6. The van der Waals surface area contributed by atoms with Gasteiger partial charge in [0.2, 0.25) is 5.91 Å². The number of carbonyl (C=O) groups excluding carboxylic acids is 1. The lowest BCUT2D eigenvalue weighted by Gasteiger charge is -2.24. The zero-order valence-electron chi connectivity index (χ0n) is 21.2. The third-order valence-corrected chi connectivity index (χ3v) is 6.63. The Hall–Kier alpha value is -2.06. The summed E-state index contributed by atoms with van der Waals surface area (Å²) in [6.45, 7) is 12.4. The zero-order valence-corrected chi connectivity index (χ0v) is 22.7. The molecule has 1 aliphatic heterocycles. The monoisotopic (exact) mass is 503 g/mol. The standard InChI is InChI=1S/C22H26ClN5OS.2C2H6/c1-14-9-16-12-25-27-22(16)20(10-14)30-28(2)13-21(29)26-17-3-4-18(19(23)11-17)15-5-7-24-8-6-15;2*1-2/h3-4,9-12,15,24H,5-8,13H2,1-2H3,(H,25,27)(H,26,29);2*1-2H3. The first-order chi connectivity index (χ1) is 16.5. The molecule has 0 saturated carbocycles. The normalized spacial score (nSPS) is 13.6. The van der Waals surface area contributed by atoms with Crippen LogP contribution < -0.4 is 10.6 Å². The van der Waals surface area contributed by atoms with Crippen molar-refractivity contribution in [1.29, 1.82) is 0 Å². The fourth-order valence-electron chi connectivity index (χ4n) is 3.91. The predicted octanol–water partition coefficient (Wildman–Crippen LogP) is 6.62. The summed E-state index contributed by atoms with van der Waals surface area (Å²) < 4.78 is 1.91. The van der Waals surface area contributed by atoms with Crippen molar-refractivity contribution in [2.75, 3.05) is 32.0 Å². The van der Waals surface area contributed by atoms with E-state index in [9.17, 15) is 4.79 Å². The van der Waals surface area contributed by atoms with Crippen LogP contribution in [0.4, 0.5) is 5.69 Å². The summed E-state index contributed by atoms with van der Waals surface area (Å²) in [6, 6.07) is 10.0. The van der Waals surface area contributed by atoms with Crippen LogP contribution in [0.25, 0.3) is 10.9 Å². The number of nitrogens with one attached hydrogen (secondary N) is 3. The molecule has 0 aliphatic carbocycles. The molecule has 34 heavy (non-hydrogen) atoms. The van der Waals surface area contributed by atoms with E-state index in [0.717, 1.165) is 58.0 Å². The van der Waals surface area contributed by atoms with E-state index in [1.165, 1.54) is 17.5 Å². The van der Waals surface area contributed by atoms with Gasteiger partial charge in [0.05, 0.1) is 18.3 Å². The highest BCUT2D eigenvalue weighted by Gasteiger charge is 2.18. The number of rotatable bonds is 6. The van der Waals surface area contributed by atoms with Gasteiger partial charge >= 0.3 is 0 Å². The number of piperidine rings is 1. The molecule has 0 atom stereocenters. The van der Waals surface area contributed by atoms with Crippen LogP contribution in [0.15, 0.2) is 41.4 Å². The SMILES string of the molecule is CC.CC.Cc1cc(SN(C)CC(=O)Nc2ccc(C3CCNCC3)c(Cl)c2)c2[nH]ncc2c1. The second-order valence-electron chi connectivity index (χ2n) is 7.78. The second kappa shape index (κ2) is 14.4. The number of carbonyl (C=O) groups is 1. The smallest absolute Gasteiger partial charge is 0.239 e. The van der Waals surface area contributed by atoms with E-state index in [2.05, 4.69) is 39.9 Å². The Morgan fingerprint density at radius 1 is 1.18 bits per heavy atom. The number of benzene rings is 2. The maximum absolute atomic E-state index is 12.6. The Labute approximate surface area is 213 Å². The first-order valence-electron chi connectivity index (χ1n) is 12.1. The highest BCUT2D eigenvalue weighted by Crippen LogP contribution is 2.33. The minimum absolute atomic E-state index is 0.0795. The molecule has 1 aliphatic rings. The van der Waals surface area contributed by atoms with Gasteiger partial charge in [-0.2, -0.15) is 5.10 Å². The topological polar surface area (TPSA) is 73.1 Å². The van der Waals surface area contributed by atoms with Gasteiger partial charge in [0.15, 0.2) is 0 Å². The molecule has 1 amide bonds. The Kier molecular flexibility index (Phi) is 11.9. The first-order valence-corrected chi connectivity index (χ1v) is 13.3. The van der Waals surface area contributed by atoms with Crippen molar-refractivity contribution in [3.63, 3.8) is 0 Å². The molecule has 0 bridgehead atoms. The molecule has 0 spiro atoms. The molecule has 2 aromatic carbocycles. The quantitative estimate of drug-likeness (QED) is 0.329. The van der Waals surface area contributed by atoms with Crippen LogP contribution in [-0.2, 0) is 4.79 Å². The average molecular weight is 504 g/mol. The molecule has 186 valence electrons. The second-order valence-corrected chi connectivity index (χ2v) is 9.44. The maximum Gasteiger partial charge on any atom is 0.239 e. The lowest BCUT2D eigenvalue weighted by molar-refractivity contribution is -0.116. The number of aromatic amines is 1. The van der Waals surface area contributed by atoms with Crippen LogP contribution in [0.2, 0.25) is 5.02 Å². The molecule has 2 heterocycles. The van der Waals surface area contributed by atoms with Gasteiger partial charge in [-0.3, -0.25) is 9.89 Å². The van der Waals surface area contributed by atoms with Gasteiger partial charge in [0.25, 0.3) is 0 Å². The average Bonchev–Trinajstić information content (AvgIpc) is 3.31. The highest BCUT2D eigenvalue weighted by atomic mass is 35.5. The number of aromatic nitrogens is 2. The zero-order chi connectivity index (χ0) is 25.1. The fourth-order valence-corrected chi connectivity index (χ4v) is 5.26. The highest BCUT2D eigenvalue weighted by molar-refractivity contribution is 7.97. The van der Waals surface area contributed by atoms with Crippen molar-refractivity contribution in [3.8, 4) is 0 Å². The van der Waals surface area contributed by atoms with E-state index in [4.69, 9.17) is 11.6 Å². The summed E-state index contributed by atoms with van der Waals surface area (Å²) in [5, 5.41) is 15.3. The van der Waals surface area contributed by atoms with Gasteiger partial charge in [-0.25, -0.2) is 4.31 Å². The summed E-state index contributed by atoms with van der Waals surface area (Å²) in [5.41, 5.74) is 4.05. The van der Waals surface area contributed by atoms with Crippen molar-refractivity contribution in [3.05, 3.63) is 52.7 Å². The van der Waals surface area contributed by atoms with Crippen molar-refractivity contribution in [2.24, 2.45) is 0 Å². The number of likely N-dealkylation sites (N-methyl/N-ethyl adjacent to an activating group) is 1. The van der Waals surface area contributed by atoms with Crippen molar-refractivity contribution in [2.45, 2.75) is 58.3 Å². The molecule has 0 unspecified atom stereocenters. The number of H-pyrrole nitrogens is 1. The van der Waals surface area contributed by atoms with Gasteiger partial charge in [-0.15, -0.1) is 0 Å². The maximum atomic E-state index is 12.6. The molecule has 3 aromatic rings. The predicted molar refractivity (Wildman–Crippen MR) is 147 cm³/mol. The summed E-state index contributed by atoms with van der Waals surface area (Å²) >= 11 is 8.05. The number of hydrogen-bond acceptors (Lipinski definition) is 5. The lowest BCUT2D eigenvalue weighted by Crippen LogP contribution is -2.27. The minimum atomic E-state index is -0.0795. The van der Waals surface area contributed by atoms with E-state index in [1.54, 1.807) is 0 Å². The van der Waals surface area contributed by atoms with Crippen molar-refractivity contribution >= 4 is 46.0 Å². The molecule has 1 saturated heterocycles. The number of halogens is 1. The molecule has 0 radical (unpaired) electrons. The Morgan fingerprint density at radius 2 is 1.88 bits per heavy atom. The summed E-state index contributed by atoms with van der Waals surface area (Å²) in [5.74, 6) is 0.406. The Bertz CT molecular complexity index is 1050. The van der Waals surface area contributed by atoms with Crippen molar-refractivity contribution < 1.29 is 4.79 Å². The van der Waals surface area contributed by atoms with E-state index in [0.29, 0.717) is 5.92 Å². The first kappa shape index (κ1) is 28.2. The lowest BCUT2D eigenvalue weighted by atomic mass is 9.90. The largest absolute Gasteiger partial charge is 0.325 e. The van der Waals surface area contributed by atoms with Crippen LogP contribution >= 0.6 is 23.5 Å². The van der Waals surface area contributed by atoms with E-state index >= 15 is 0 Å². The Morgan fingerprint density at radius 3 is 2.56 bits per heavy atom. The summed E-state index contributed by atoms with van der Waals surface area (Å²) in [6.07, 6.45) is 4.00. The molecule has 4 rings (SSSR count). The van der Waals surface area contributed by atoms with Crippen LogP contribution in [-0.4, -0.2) is 47.1 Å². The Balaban J connectivity index is 0.000000970. The van der Waals surface area contributed by atoms with Gasteiger partial charge < -0.3 is 10.6 Å².